The molecule has 3 rings (SSSR count). The van der Waals surface area contributed by atoms with Crippen LogP contribution in [0.25, 0.3) is 0 Å². The van der Waals surface area contributed by atoms with E-state index in [9.17, 15) is 13.2 Å². The van der Waals surface area contributed by atoms with Crippen molar-refractivity contribution in [3.63, 3.8) is 0 Å². The van der Waals surface area contributed by atoms with Gasteiger partial charge in [0.15, 0.2) is 0 Å². The van der Waals surface area contributed by atoms with E-state index < -0.39 is 22.0 Å². The van der Waals surface area contributed by atoms with E-state index in [-0.39, 0.29) is 30.3 Å². The molecule has 2 aromatic carbocycles. The topological polar surface area (TPSA) is 90.9 Å². The number of hydrogen-bond acceptors (Lipinski definition) is 6. The van der Waals surface area contributed by atoms with Crippen LogP contribution in [-0.4, -0.2) is 34.2 Å². The van der Waals surface area contributed by atoms with Crippen LogP contribution in [0.4, 0.5) is 0 Å². The maximum absolute atomic E-state index is 12.8. The maximum atomic E-state index is 12.8. The van der Waals surface area contributed by atoms with Crippen molar-refractivity contribution < 1.29 is 27.4 Å². The van der Waals surface area contributed by atoms with Crippen molar-refractivity contribution >= 4 is 16.0 Å². The summed E-state index contributed by atoms with van der Waals surface area (Å²) in [7, 11) is -3.74. The molecule has 0 saturated carbocycles. The molecule has 0 amide bonds. The van der Waals surface area contributed by atoms with Gasteiger partial charge in [-0.2, -0.15) is 0 Å². The number of ether oxygens (including phenoxy) is 3. The van der Waals surface area contributed by atoms with E-state index in [2.05, 4.69) is 4.72 Å². The number of hydrogen-bond donors (Lipinski definition) is 1. The Morgan fingerprint density at radius 1 is 1.10 bits per heavy atom. The summed E-state index contributed by atoms with van der Waals surface area (Å²) in [5.74, 6) is -0.634. The van der Waals surface area contributed by atoms with Crippen LogP contribution in [0.2, 0.25) is 0 Å². The van der Waals surface area contributed by atoms with Crippen LogP contribution < -0.4 is 4.72 Å². The fourth-order valence-electron chi connectivity index (χ4n) is 2.77. The number of benzene rings is 2. The lowest BCUT2D eigenvalue weighted by molar-refractivity contribution is -0.144. The van der Waals surface area contributed by atoms with Crippen LogP contribution >= 0.6 is 0 Å². The standard InChI is InChI=1S/C21H23NO6S/c1-16-7-9-18(10-8-16)29(24,25)22-19(17-5-3-2-4-6-17)11-12-28-21(23)20-15-26-13-14-27-20/h2-10,15,19,22H,11-14H2,1H3. The molecule has 0 fully saturated rings. The molecule has 1 atom stereocenters. The lowest BCUT2D eigenvalue weighted by Gasteiger charge is -2.20. The van der Waals surface area contributed by atoms with Crippen LogP contribution in [0.15, 0.2) is 71.5 Å². The Balaban J connectivity index is 1.69. The second kappa shape index (κ2) is 9.58. The third kappa shape index (κ3) is 5.82. The molecule has 0 bridgehead atoms. The van der Waals surface area contributed by atoms with Crippen molar-refractivity contribution in [2.24, 2.45) is 0 Å². The molecule has 29 heavy (non-hydrogen) atoms. The quantitative estimate of drug-likeness (QED) is 0.664. The zero-order valence-corrected chi connectivity index (χ0v) is 16.9. The predicted octanol–water partition coefficient (Wildman–Crippen LogP) is 2.84. The SMILES string of the molecule is Cc1ccc(S(=O)(=O)NC(CCOC(=O)C2=COCCO2)c2ccccc2)cc1. The minimum absolute atomic E-state index is 0.00717. The van der Waals surface area contributed by atoms with Gasteiger partial charge in [-0.05, 0) is 24.6 Å². The Bertz CT molecular complexity index is 954. The van der Waals surface area contributed by atoms with Gasteiger partial charge < -0.3 is 14.2 Å². The number of carbonyl (C=O) groups is 1. The second-order valence-corrected chi connectivity index (χ2v) is 8.24. The minimum Gasteiger partial charge on any atom is -0.493 e. The average Bonchev–Trinajstić information content (AvgIpc) is 2.74. The highest BCUT2D eigenvalue weighted by Gasteiger charge is 2.23. The molecule has 1 unspecified atom stereocenters. The molecule has 0 saturated heterocycles. The highest BCUT2D eigenvalue weighted by atomic mass is 32.2. The summed E-state index contributed by atoms with van der Waals surface area (Å²) in [6.45, 7) is 2.56. The Kier molecular flexibility index (Phi) is 6.90. The van der Waals surface area contributed by atoms with E-state index in [1.54, 1.807) is 24.3 Å². The fourth-order valence-corrected chi connectivity index (χ4v) is 4.03. The van der Waals surface area contributed by atoms with Crippen molar-refractivity contribution in [3.8, 4) is 0 Å². The molecule has 1 N–H and O–H groups in total. The van der Waals surface area contributed by atoms with E-state index in [1.165, 1.54) is 6.26 Å². The van der Waals surface area contributed by atoms with Gasteiger partial charge in [0, 0.05) is 6.42 Å². The maximum Gasteiger partial charge on any atom is 0.376 e. The molecule has 1 aliphatic rings. The van der Waals surface area contributed by atoms with Crippen LogP contribution in [-0.2, 0) is 29.0 Å². The van der Waals surface area contributed by atoms with Crippen molar-refractivity contribution in [1.82, 2.24) is 4.72 Å². The third-order valence-electron chi connectivity index (χ3n) is 4.32. The lowest BCUT2D eigenvalue weighted by atomic mass is 10.1. The summed E-state index contributed by atoms with van der Waals surface area (Å²) >= 11 is 0. The number of nitrogens with one attached hydrogen (secondary N) is 1. The van der Waals surface area contributed by atoms with E-state index in [4.69, 9.17) is 14.2 Å². The summed E-state index contributed by atoms with van der Waals surface area (Å²) in [4.78, 5) is 12.2. The Labute approximate surface area is 170 Å². The number of sulfonamides is 1. The molecule has 8 heteroatoms. The Hall–Kier alpha value is -2.84. The number of esters is 1. The normalized spacial score (nSPS) is 14.9. The van der Waals surface area contributed by atoms with Crippen LogP contribution in [0.3, 0.4) is 0 Å². The van der Waals surface area contributed by atoms with E-state index in [1.807, 2.05) is 37.3 Å². The smallest absolute Gasteiger partial charge is 0.376 e. The molecule has 2 aromatic rings. The molecule has 0 aromatic heterocycles. The van der Waals surface area contributed by atoms with Gasteiger partial charge in [0.2, 0.25) is 15.8 Å². The summed E-state index contributed by atoms with van der Waals surface area (Å²) in [5, 5.41) is 0. The van der Waals surface area contributed by atoms with Gasteiger partial charge in [-0.1, -0.05) is 48.0 Å². The van der Waals surface area contributed by atoms with Gasteiger partial charge in [-0.3, -0.25) is 0 Å². The van der Waals surface area contributed by atoms with Crippen molar-refractivity contribution in [2.75, 3.05) is 19.8 Å². The van der Waals surface area contributed by atoms with E-state index in [0.29, 0.717) is 6.61 Å². The molecule has 0 spiro atoms. The first-order valence-electron chi connectivity index (χ1n) is 9.21. The van der Waals surface area contributed by atoms with E-state index in [0.717, 1.165) is 11.1 Å². The van der Waals surface area contributed by atoms with Gasteiger partial charge in [0.05, 0.1) is 17.5 Å². The van der Waals surface area contributed by atoms with Crippen molar-refractivity contribution in [2.45, 2.75) is 24.3 Å². The summed E-state index contributed by atoms with van der Waals surface area (Å²) in [6.07, 6.45) is 1.48. The van der Waals surface area contributed by atoms with Crippen molar-refractivity contribution in [1.29, 1.82) is 0 Å². The Morgan fingerprint density at radius 3 is 2.48 bits per heavy atom. The second-order valence-electron chi connectivity index (χ2n) is 6.52. The predicted molar refractivity (Wildman–Crippen MR) is 106 cm³/mol. The first-order valence-corrected chi connectivity index (χ1v) is 10.7. The van der Waals surface area contributed by atoms with Gasteiger partial charge in [-0.15, -0.1) is 0 Å². The molecule has 1 aliphatic heterocycles. The molecule has 0 radical (unpaired) electrons. The summed E-state index contributed by atoms with van der Waals surface area (Å²) in [5.41, 5.74) is 1.74. The van der Waals surface area contributed by atoms with Crippen LogP contribution in [0.1, 0.15) is 23.6 Å². The van der Waals surface area contributed by atoms with Gasteiger partial charge in [0.1, 0.15) is 19.5 Å². The minimum atomic E-state index is -3.74. The summed E-state index contributed by atoms with van der Waals surface area (Å²) in [6, 6.07) is 15.2. The monoisotopic (exact) mass is 417 g/mol. The van der Waals surface area contributed by atoms with Gasteiger partial charge in [0.25, 0.3) is 0 Å². The van der Waals surface area contributed by atoms with Crippen molar-refractivity contribution in [3.05, 3.63) is 77.7 Å². The molecule has 7 nitrogen and oxygen atoms in total. The Morgan fingerprint density at radius 2 is 1.83 bits per heavy atom. The zero-order valence-electron chi connectivity index (χ0n) is 16.0. The molecular weight excluding hydrogens is 394 g/mol. The first-order chi connectivity index (χ1) is 14.0. The summed E-state index contributed by atoms with van der Waals surface area (Å²) < 4.78 is 43.8. The number of carbonyl (C=O) groups excluding carboxylic acids is 1. The number of aryl methyl sites for hydroxylation is 1. The average molecular weight is 417 g/mol. The highest BCUT2D eigenvalue weighted by molar-refractivity contribution is 7.89. The molecule has 0 aliphatic carbocycles. The lowest BCUT2D eigenvalue weighted by Crippen LogP contribution is -2.30. The molecule has 1 heterocycles. The van der Waals surface area contributed by atoms with Crippen LogP contribution in [0, 0.1) is 6.92 Å². The number of rotatable bonds is 8. The largest absolute Gasteiger partial charge is 0.493 e. The van der Waals surface area contributed by atoms with Gasteiger partial charge >= 0.3 is 5.97 Å². The molecule has 154 valence electrons. The molecular formula is C21H23NO6S. The third-order valence-corrected chi connectivity index (χ3v) is 5.81. The van der Waals surface area contributed by atoms with Gasteiger partial charge in [-0.25, -0.2) is 17.9 Å². The van der Waals surface area contributed by atoms with E-state index >= 15 is 0 Å². The zero-order chi connectivity index (χ0) is 20.7. The first kappa shape index (κ1) is 20.9. The highest BCUT2D eigenvalue weighted by Crippen LogP contribution is 2.21. The fraction of sp³-hybridized carbons (Fsp3) is 0.286. The van der Waals surface area contributed by atoms with Crippen LogP contribution in [0.5, 0.6) is 0 Å².